The zero-order chi connectivity index (χ0) is 15.3. The molecule has 21 heavy (non-hydrogen) atoms. The molecule has 5 nitrogen and oxygen atoms in total. The van der Waals surface area contributed by atoms with Gasteiger partial charge in [-0.1, -0.05) is 12.1 Å². The van der Waals surface area contributed by atoms with Crippen molar-refractivity contribution in [2.45, 2.75) is 11.3 Å². The van der Waals surface area contributed by atoms with E-state index < -0.39 is 10.0 Å². The number of sulfonamides is 1. The summed E-state index contributed by atoms with van der Waals surface area (Å²) in [6.07, 6.45) is 0.827. The van der Waals surface area contributed by atoms with Gasteiger partial charge in [-0.2, -0.15) is 0 Å². The normalized spacial score (nSPS) is 18.0. The molecule has 118 valence electrons. The van der Waals surface area contributed by atoms with Gasteiger partial charge in [0.2, 0.25) is 10.0 Å². The maximum atomic E-state index is 12.2. The number of hydrogen-bond donors (Lipinski definition) is 1. The first-order chi connectivity index (χ1) is 9.99. The highest BCUT2D eigenvalue weighted by atomic mass is 79.9. The van der Waals surface area contributed by atoms with Gasteiger partial charge in [-0.05, 0) is 48.1 Å². The lowest BCUT2D eigenvalue weighted by Crippen LogP contribution is -2.45. The number of nitrogens with zero attached hydrogens (tertiary/aromatic N) is 2. The molecule has 1 aromatic rings. The summed E-state index contributed by atoms with van der Waals surface area (Å²) in [6.45, 7) is 5.70. The van der Waals surface area contributed by atoms with E-state index in [-0.39, 0.29) is 0 Å². The molecular formula is C14H22BrN3O2S. The molecule has 0 bridgehead atoms. The van der Waals surface area contributed by atoms with Gasteiger partial charge in [0.05, 0.1) is 4.90 Å². The van der Waals surface area contributed by atoms with Crippen LogP contribution in [0.2, 0.25) is 0 Å². The molecule has 0 amide bonds. The smallest absolute Gasteiger partial charge is 0.241 e. The molecule has 1 fully saturated rings. The minimum absolute atomic E-state index is 0.296. The van der Waals surface area contributed by atoms with Crippen LogP contribution in [0.25, 0.3) is 0 Å². The average Bonchev–Trinajstić information content (AvgIpc) is 2.46. The van der Waals surface area contributed by atoms with E-state index in [1.165, 1.54) is 0 Å². The second-order valence-electron chi connectivity index (χ2n) is 5.33. The van der Waals surface area contributed by atoms with E-state index in [1.54, 1.807) is 24.3 Å². The monoisotopic (exact) mass is 375 g/mol. The maximum absolute atomic E-state index is 12.2. The van der Waals surface area contributed by atoms with Crippen LogP contribution in [0, 0.1) is 0 Å². The molecule has 0 spiro atoms. The predicted molar refractivity (Wildman–Crippen MR) is 87.9 cm³/mol. The molecule has 1 N–H and O–H groups in total. The van der Waals surface area contributed by atoms with Crippen molar-refractivity contribution in [3.8, 4) is 0 Å². The van der Waals surface area contributed by atoms with Gasteiger partial charge in [0, 0.05) is 37.2 Å². The van der Waals surface area contributed by atoms with Crippen LogP contribution in [0.3, 0.4) is 0 Å². The molecule has 1 aromatic carbocycles. The Kier molecular flexibility index (Phi) is 6.19. The Morgan fingerprint density at radius 2 is 1.86 bits per heavy atom. The molecule has 7 heteroatoms. The first kappa shape index (κ1) is 16.9. The van der Waals surface area contributed by atoms with E-state index in [0.29, 0.717) is 15.9 Å². The number of likely N-dealkylation sites (N-methyl/N-ethyl adjacent to an activating group) is 1. The average molecular weight is 376 g/mol. The van der Waals surface area contributed by atoms with Crippen LogP contribution in [-0.2, 0) is 10.0 Å². The topological polar surface area (TPSA) is 52.6 Å². The predicted octanol–water partition coefficient (Wildman–Crippen LogP) is 1.36. The summed E-state index contributed by atoms with van der Waals surface area (Å²) in [5, 5.41) is 0. The van der Waals surface area contributed by atoms with E-state index in [0.717, 1.165) is 39.1 Å². The van der Waals surface area contributed by atoms with Gasteiger partial charge in [0.1, 0.15) is 0 Å². The Morgan fingerprint density at radius 3 is 2.52 bits per heavy atom. The molecule has 1 aliphatic rings. The van der Waals surface area contributed by atoms with Crippen LogP contribution in [0.1, 0.15) is 6.42 Å². The summed E-state index contributed by atoms with van der Waals surface area (Å²) in [4.78, 5) is 4.99. The van der Waals surface area contributed by atoms with Gasteiger partial charge < -0.3 is 9.80 Å². The van der Waals surface area contributed by atoms with Crippen LogP contribution < -0.4 is 4.72 Å². The van der Waals surface area contributed by atoms with Crippen LogP contribution >= 0.6 is 15.9 Å². The molecular weight excluding hydrogens is 354 g/mol. The van der Waals surface area contributed by atoms with Crippen molar-refractivity contribution in [2.75, 3.05) is 46.3 Å². The second-order valence-corrected chi connectivity index (χ2v) is 7.92. The third-order valence-electron chi connectivity index (χ3n) is 3.67. The highest BCUT2D eigenvalue weighted by molar-refractivity contribution is 9.10. The highest BCUT2D eigenvalue weighted by Gasteiger charge is 2.17. The fourth-order valence-electron chi connectivity index (χ4n) is 2.32. The first-order valence-electron chi connectivity index (χ1n) is 7.14. The lowest BCUT2D eigenvalue weighted by molar-refractivity contribution is 0.153. The summed E-state index contributed by atoms with van der Waals surface area (Å²) in [7, 11) is -1.30. The molecule has 0 saturated carbocycles. The van der Waals surface area contributed by atoms with Gasteiger partial charge in [0.15, 0.2) is 0 Å². The molecule has 1 heterocycles. The van der Waals surface area contributed by atoms with Gasteiger partial charge >= 0.3 is 0 Å². The highest BCUT2D eigenvalue weighted by Crippen LogP contribution is 2.20. The Hall–Kier alpha value is -0.470. The van der Waals surface area contributed by atoms with E-state index >= 15 is 0 Å². The fraction of sp³-hybridized carbons (Fsp3) is 0.571. The van der Waals surface area contributed by atoms with Gasteiger partial charge in [-0.25, -0.2) is 13.1 Å². The molecule has 1 saturated heterocycles. The summed E-state index contributed by atoms with van der Waals surface area (Å²) < 4.78 is 27.6. The Labute approximate surface area is 135 Å². The van der Waals surface area contributed by atoms with Crippen molar-refractivity contribution < 1.29 is 8.42 Å². The fourth-order valence-corrected chi connectivity index (χ4v) is 4.40. The van der Waals surface area contributed by atoms with E-state index in [9.17, 15) is 8.42 Å². The van der Waals surface area contributed by atoms with Crippen LogP contribution in [0.5, 0.6) is 0 Å². The quantitative estimate of drug-likeness (QED) is 0.762. The summed E-state index contributed by atoms with van der Waals surface area (Å²) in [6, 6.07) is 6.87. The molecule has 0 aliphatic carbocycles. The van der Waals surface area contributed by atoms with Crippen molar-refractivity contribution in [1.29, 1.82) is 0 Å². The first-order valence-corrected chi connectivity index (χ1v) is 9.42. The number of benzene rings is 1. The molecule has 2 rings (SSSR count). The lowest BCUT2D eigenvalue weighted by Gasteiger charge is -2.32. The van der Waals surface area contributed by atoms with E-state index in [4.69, 9.17) is 0 Å². The number of nitrogens with one attached hydrogen (secondary N) is 1. The summed E-state index contributed by atoms with van der Waals surface area (Å²) in [5.41, 5.74) is 0. The van der Waals surface area contributed by atoms with Gasteiger partial charge in [0.25, 0.3) is 0 Å². The Morgan fingerprint density at radius 1 is 1.19 bits per heavy atom. The van der Waals surface area contributed by atoms with Gasteiger partial charge in [-0.15, -0.1) is 0 Å². The van der Waals surface area contributed by atoms with Crippen LogP contribution in [0.15, 0.2) is 33.6 Å². The van der Waals surface area contributed by atoms with Crippen molar-refractivity contribution in [3.05, 3.63) is 28.7 Å². The third kappa shape index (κ3) is 5.03. The molecule has 1 aliphatic heterocycles. The Balaban J connectivity index is 1.77. The zero-order valence-electron chi connectivity index (χ0n) is 12.3. The molecule has 0 unspecified atom stereocenters. The van der Waals surface area contributed by atoms with E-state index in [2.05, 4.69) is 37.5 Å². The largest absolute Gasteiger partial charge is 0.304 e. The second kappa shape index (κ2) is 7.69. The number of hydrogen-bond acceptors (Lipinski definition) is 4. The minimum Gasteiger partial charge on any atom is -0.304 e. The maximum Gasteiger partial charge on any atom is 0.241 e. The van der Waals surface area contributed by atoms with Gasteiger partial charge in [-0.3, -0.25) is 0 Å². The van der Waals surface area contributed by atoms with Crippen molar-refractivity contribution in [1.82, 2.24) is 14.5 Å². The third-order valence-corrected chi connectivity index (χ3v) is 6.14. The molecule has 0 radical (unpaired) electrons. The van der Waals surface area contributed by atoms with Crippen molar-refractivity contribution in [2.24, 2.45) is 0 Å². The zero-order valence-corrected chi connectivity index (χ0v) is 14.7. The van der Waals surface area contributed by atoms with Crippen LogP contribution in [0.4, 0.5) is 0 Å². The molecule has 0 atom stereocenters. The minimum atomic E-state index is -3.43. The number of rotatable bonds is 6. The number of piperazine rings is 1. The lowest BCUT2D eigenvalue weighted by atomic mass is 10.3. The Bertz CT molecular complexity index is 557. The summed E-state index contributed by atoms with van der Waals surface area (Å²) >= 11 is 3.28. The van der Waals surface area contributed by atoms with Crippen molar-refractivity contribution in [3.63, 3.8) is 0 Å². The molecule has 0 aromatic heterocycles. The number of halogens is 1. The SMILES string of the molecule is CN1CCN(CCCNS(=O)(=O)c2ccccc2Br)CC1. The van der Waals surface area contributed by atoms with Crippen molar-refractivity contribution >= 4 is 26.0 Å². The standard InChI is InChI=1S/C14H22BrN3O2S/c1-17-9-11-18(12-10-17)8-4-7-16-21(19,20)14-6-3-2-5-13(14)15/h2-3,5-6,16H,4,7-12H2,1H3. The van der Waals surface area contributed by atoms with E-state index in [1.807, 2.05) is 0 Å². The van der Waals surface area contributed by atoms with Crippen LogP contribution in [-0.4, -0.2) is 64.5 Å². The summed E-state index contributed by atoms with van der Waals surface area (Å²) in [5.74, 6) is 0.